The Morgan fingerprint density at radius 2 is 2.36 bits per heavy atom. The Morgan fingerprint density at radius 3 is 2.82 bits per heavy atom. The molecule has 0 aromatic rings. The van der Waals surface area contributed by atoms with Gasteiger partial charge in [0.1, 0.15) is 12.8 Å². The van der Waals surface area contributed by atoms with E-state index in [9.17, 15) is 10.2 Å². The molecule has 1 fully saturated rings. The van der Waals surface area contributed by atoms with Gasteiger partial charge in [0.25, 0.3) is 0 Å². The zero-order valence-corrected chi connectivity index (χ0v) is 6.44. The minimum Gasteiger partial charge on any atom is -0.389 e. The number of nitrogens with zero attached hydrogens (tertiary/aromatic N) is 1. The maximum atomic E-state index is 10.2. The van der Waals surface area contributed by atoms with Crippen LogP contribution in [0.3, 0.4) is 0 Å². The second-order valence-electron chi connectivity index (χ2n) is 2.94. The first-order valence-electron chi connectivity index (χ1n) is 3.92. The lowest BCUT2D eigenvalue weighted by Gasteiger charge is -2.21. The third kappa shape index (κ3) is 2.41. The molecule has 0 bridgehead atoms. The van der Waals surface area contributed by atoms with E-state index < -0.39 is 18.9 Å². The first kappa shape index (κ1) is 8.93. The highest BCUT2D eigenvalue weighted by atomic mass is 16.3. The fourth-order valence-corrected chi connectivity index (χ4v) is 1.34. The quantitative estimate of drug-likeness (QED) is 0.567. The maximum absolute atomic E-state index is 10.2. The molecule has 1 rings (SSSR count). The number of aliphatic hydroxyl groups is 2. The normalized spacial score (nSPS) is 29.2. The molecule has 4 heteroatoms. The summed E-state index contributed by atoms with van der Waals surface area (Å²) in [6.07, 6.45) is 0.428. The molecule has 4 nitrogen and oxygen atoms in total. The number of likely N-dealkylation sites (tertiary alicyclic amines) is 1. The standard InChI is InChI=1S/C7H14NO3/c9-5-6(10)4-8-3-1-2-7(8)11/h6-7,10-11H,1-5H2. The molecule has 1 heterocycles. The van der Waals surface area contributed by atoms with Crippen molar-refractivity contribution in [1.82, 2.24) is 4.90 Å². The Hall–Kier alpha value is -0.160. The van der Waals surface area contributed by atoms with Crippen molar-refractivity contribution < 1.29 is 15.3 Å². The van der Waals surface area contributed by atoms with Gasteiger partial charge in [0.15, 0.2) is 0 Å². The van der Waals surface area contributed by atoms with Gasteiger partial charge in [-0.3, -0.25) is 4.90 Å². The fourth-order valence-electron chi connectivity index (χ4n) is 1.34. The maximum Gasteiger partial charge on any atom is 0.109 e. The molecule has 2 unspecified atom stereocenters. The number of hydrogen-bond acceptors (Lipinski definition) is 3. The fraction of sp³-hybridized carbons (Fsp3) is 1.00. The molecule has 0 saturated carbocycles. The molecule has 11 heavy (non-hydrogen) atoms. The third-order valence-electron chi connectivity index (χ3n) is 1.97. The molecule has 2 N–H and O–H groups in total. The molecule has 0 amide bonds. The van der Waals surface area contributed by atoms with Crippen LogP contribution in [0.1, 0.15) is 12.8 Å². The van der Waals surface area contributed by atoms with E-state index >= 15 is 0 Å². The first-order valence-corrected chi connectivity index (χ1v) is 3.92. The summed E-state index contributed by atoms with van der Waals surface area (Å²) in [7, 11) is 0. The van der Waals surface area contributed by atoms with Crippen molar-refractivity contribution in [3.8, 4) is 0 Å². The van der Waals surface area contributed by atoms with Crippen LogP contribution in [0.25, 0.3) is 0 Å². The zero-order chi connectivity index (χ0) is 8.27. The van der Waals surface area contributed by atoms with Gasteiger partial charge in [-0.25, -0.2) is 5.11 Å². The molecule has 0 aliphatic carbocycles. The highest BCUT2D eigenvalue weighted by Crippen LogP contribution is 2.14. The summed E-state index contributed by atoms with van der Waals surface area (Å²) in [5.41, 5.74) is 0. The van der Waals surface area contributed by atoms with E-state index in [2.05, 4.69) is 0 Å². The van der Waals surface area contributed by atoms with E-state index in [4.69, 9.17) is 5.11 Å². The van der Waals surface area contributed by atoms with Crippen molar-refractivity contribution in [2.45, 2.75) is 25.2 Å². The van der Waals surface area contributed by atoms with Crippen LogP contribution in [0, 0.1) is 0 Å². The number of hydrogen-bond donors (Lipinski definition) is 2. The molecular weight excluding hydrogens is 146 g/mol. The van der Waals surface area contributed by atoms with Gasteiger partial charge in [-0.15, -0.1) is 0 Å². The van der Waals surface area contributed by atoms with Gasteiger partial charge >= 0.3 is 0 Å². The Labute approximate surface area is 66.1 Å². The first-order chi connectivity index (χ1) is 5.24. The Kier molecular flexibility index (Phi) is 3.26. The van der Waals surface area contributed by atoms with Crippen LogP contribution >= 0.6 is 0 Å². The molecule has 1 saturated heterocycles. The molecule has 65 valence electrons. The van der Waals surface area contributed by atoms with Crippen LogP contribution in [-0.2, 0) is 5.11 Å². The second kappa shape index (κ2) is 4.01. The van der Waals surface area contributed by atoms with E-state index in [1.807, 2.05) is 0 Å². The van der Waals surface area contributed by atoms with Crippen molar-refractivity contribution >= 4 is 0 Å². The number of β-amino-alcohol motifs (C(OH)–C–C–N with tert-alkyl or cyclic N) is 1. The van der Waals surface area contributed by atoms with Crippen molar-refractivity contribution in [2.75, 3.05) is 19.7 Å². The number of aliphatic hydroxyl groups excluding tert-OH is 2. The lowest BCUT2D eigenvalue weighted by molar-refractivity contribution is -0.0183. The van der Waals surface area contributed by atoms with E-state index in [1.165, 1.54) is 0 Å². The molecule has 1 aliphatic rings. The summed E-state index contributed by atoms with van der Waals surface area (Å²) in [6, 6.07) is 0. The molecule has 0 spiro atoms. The summed E-state index contributed by atoms with van der Waals surface area (Å²) < 4.78 is 0. The van der Waals surface area contributed by atoms with Gasteiger partial charge in [0.05, 0.1) is 6.10 Å². The summed E-state index contributed by atoms with van der Waals surface area (Å²) in [4.78, 5) is 1.74. The van der Waals surface area contributed by atoms with Gasteiger partial charge in [0.2, 0.25) is 0 Å². The highest BCUT2D eigenvalue weighted by Gasteiger charge is 2.23. The Morgan fingerprint density at radius 1 is 1.64 bits per heavy atom. The van der Waals surface area contributed by atoms with Crippen molar-refractivity contribution in [1.29, 1.82) is 0 Å². The molecule has 1 aliphatic heterocycles. The summed E-state index contributed by atoms with van der Waals surface area (Å²) in [5.74, 6) is 0. The van der Waals surface area contributed by atoms with Crippen LogP contribution in [0.15, 0.2) is 0 Å². The van der Waals surface area contributed by atoms with Gasteiger partial charge in [-0.2, -0.15) is 0 Å². The van der Waals surface area contributed by atoms with Crippen LogP contribution in [0.5, 0.6) is 0 Å². The summed E-state index contributed by atoms with van der Waals surface area (Å²) in [6.45, 7) is 0.617. The zero-order valence-electron chi connectivity index (χ0n) is 6.44. The molecule has 1 radical (unpaired) electrons. The highest BCUT2D eigenvalue weighted by molar-refractivity contribution is 4.72. The predicted octanol–water partition coefficient (Wildman–Crippen LogP) is -0.808. The van der Waals surface area contributed by atoms with E-state index in [0.717, 1.165) is 19.4 Å². The van der Waals surface area contributed by atoms with E-state index in [0.29, 0.717) is 6.54 Å². The van der Waals surface area contributed by atoms with Crippen molar-refractivity contribution in [3.05, 3.63) is 0 Å². The van der Waals surface area contributed by atoms with E-state index in [-0.39, 0.29) is 0 Å². The monoisotopic (exact) mass is 160 g/mol. The van der Waals surface area contributed by atoms with Crippen LogP contribution < -0.4 is 0 Å². The van der Waals surface area contributed by atoms with Gasteiger partial charge in [0, 0.05) is 13.1 Å². The summed E-state index contributed by atoms with van der Waals surface area (Å²) in [5, 5.41) is 28.4. The largest absolute Gasteiger partial charge is 0.389 e. The minimum atomic E-state index is -0.831. The second-order valence-corrected chi connectivity index (χ2v) is 2.94. The molecule has 2 atom stereocenters. The predicted molar refractivity (Wildman–Crippen MR) is 38.4 cm³/mol. The minimum absolute atomic E-state index is 0.310. The topological polar surface area (TPSA) is 63.6 Å². The molecular formula is C7H14NO3. The average Bonchev–Trinajstić information content (AvgIpc) is 2.37. The smallest absolute Gasteiger partial charge is 0.109 e. The Bertz CT molecular complexity index is 120. The van der Waals surface area contributed by atoms with Gasteiger partial charge in [-0.1, -0.05) is 0 Å². The van der Waals surface area contributed by atoms with E-state index in [1.54, 1.807) is 4.90 Å². The van der Waals surface area contributed by atoms with Crippen LogP contribution in [0.4, 0.5) is 0 Å². The SMILES string of the molecule is [O]CC(O)CN1CCCC1O. The van der Waals surface area contributed by atoms with Gasteiger partial charge in [-0.05, 0) is 12.8 Å². The van der Waals surface area contributed by atoms with Crippen molar-refractivity contribution in [2.24, 2.45) is 0 Å². The molecule has 0 aromatic heterocycles. The molecule has 0 aromatic carbocycles. The van der Waals surface area contributed by atoms with Crippen LogP contribution in [-0.4, -0.2) is 47.1 Å². The van der Waals surface area contributed by atoms with Gasteiger partial charge < -0.3 is 10.2 Å². The van der Waals surface area contributed by atoms with Crippen molar-refractivity contribution in [3.63, 3.8) is 0 Å². The van der Waals surface area contributed by atoms with Crippen LogP contribution in [0.2, 0.25) is 0 Å². The average molecular weight is 160 g/mol. The third-order valence-corrected chi connectivity index (χ3v) is 1.97. The number of rotatable bonds is 3. The lowest BCUT2D eigenvalue weighted by Crippen LogP contribution is -2.37. The summed E-state index contributed by atoms with van der Waals surface area (Å²) >= 11 is 0. The Balaban J connectivity index is 2.24. The lowest BCUT2D eigenvalue weighted by atomic mass is 10.3.